The van der Waals surface area contributed by atoms with Crippen LogP contribution in [0, 0.1) is 5.92 Å². The first kappa shape index (κ1) is 13.8. The molecule has 2 unspecified atom stereocenters. The lowest BCUT2D eigenvalue weighted by molar-refractivity contribution is -0.134. The van der Waals surface area contributed by atoms with Crippen LogP contribution < -0.4 is 5.32 Å². The molecule has 2 aliphatic carbocycles. The fourth-order valence-electron chi connectivity index (χ4n) is 3.05. The molecule has 4 heteroatoms. The number of nitrogens with one attached hydrogen (secondary N) is 1. The molecule has 0 radical (unpaired) electrons. The molecule has 104 valence electrons. The van der Waals surface area contributed by atoms with Crippen LogP contribution in [0.5, 0.6) is 0 Å². The van der Waals surface area contributed by atoms with Gasteiger partial charge in [-0.3, -0.25) is 4.79 Å². The number of rotatable bonds is 5. The van der Waals surface area contributed by atoms with E-state index in [1.807, 2.05) is 0 Å². The van der Waals surface area contributed by atoms with E-state index in [4.69, 9.17) is 4.74 Å². The van der Waals surface area contributed by atoms with E-state index in [0.29, 0.717) is 13.0 Å². The van der Waals surface area contributed by atoms with Gasteiger partial charge in [-0.2, -0.15) is 0 Å². The van der Waals surface area contributed by atoms with Crippen LogP contribution in [0.15, 0.2) is 0 Å². The van der Waals surface area contributed by atoms with Crippen molar-refractivity contribution in [2.24, 2.45) is 5.92 Å². The largest absolute Gasteiger partial charge is 0.393 e. The van der Waals surface area contributed by atoms with Gasteiger partial charge in [0.25, 0.3) is 0 Å². The van der Waals surface area contributed by atoms with Gasteiger partial charge < -0.3 is 15.2 Å². The first-order chi connectivity index (χ1) is 8.65. The zero-order valence-corrected chi connectivity index (χ0v) is 11.3. The lowest BCUT2D eigenvalue weighted by Crippen LogP contribution is -2.45. The van der Waals surface area contributed by atoms with Gasteiger partial charge in [-0.15, -0.1) is 0 Å². The summed E-state index contributed by atoms with van der Waals surface area (Å²) >= 11 is 0. The van der Waals surface area contributed by atoms with Gasteiger partial charge >= 0.3 is 0 Å². The number of hydrogen-bond acceptors (Lipinski definition) is 3. The highest BCUT2D eigenvalue weighted by atomic mass is 16.5. The highest BCUT2D eigenvalue weighted by Gasteiger charge is 2.39. The maximum absolute atomic E-state index is 11.9. The number of methoxy groups -OCH3 is 1. The fourth-order valence-corrected chi connectivity index (χ4v) is 3.05. The summed E-state index contributed by atoms with van der Waals surface area (Å²) in [6.07, 6.45) is 7.54. The van der Waals surface area contributed by atoms with Crippen molar-refractivity contribution in [2.45, 2.75) is 63.1 Å². The number of ether oxygens (including phenoxy) is 1. The van der Waals surface area contributed by atoms with Gasteiger partial charge in [0.1, 0.15) is 0 Å². The van der Waals surface area contributed by atoms with Crippen LogP contribution in [-0.2, 0) is 9.53 Å². The van der Waals surface area contributed by atoms with Crippen molar-refractivity contribution >= 4 is 5.91 Å². The Morgan fingerprint density at radius 3 is 2.61 bits per heavy atom. The van der Waals surface area contributed by atoms with Crippen LogP contribution >= 0.6 is 0 Å². The molecular formula is C14H25NO3. The van der Waals surface area contributed by atoms with Gasteiger partial charge in [0.15, 0.2) is 0 Å². The number of carbonyl (C=O) groups excluding carboxylic acids is 1. The lowest BCUT2D eigenvalue weighted by Gasteiger charge is -2.40. The van der Waals surface area contributed by atoms with E-state index in [2.05, 4.69) is 5.32 Å². The average molecular weight is 255 g/mol. The molecule has 2 rings (SSSR count). The van der Waals surface area contributed by atoms with Crippen molar-refractivity contribution in [1.29, 1.82) is 0 Å². The molecule has 0 aromatic rings. The molecule has 0 aliphatic heterocycles. The highest BCUT2D eigenvalue weighted by Crippen LogP contribution is 2.37. The number of aliphatic hydroxyl groups is 1. The summed E-state index contributed by atoms with van der Waals surface area (Å²) in [5, 5.41) is 12.8. The topological polar surface area (TPSA) is 58.6 Å². The van der Waals surface area contributed by atoms with Crippen LogP contribution in [0.2, 0.25) is 0 Å². The molecule has 0 heterocycles. The van der Waals surface area contributed by atoms with E-state index in [-0.39, 0.29) is 23.5 Å². The predicted octanol–water partition coefficient (Wildman–Crippen LogP) is 1.61. The normalized spacial score (nSPS) is 30.6. The number of aliphatic hydroxyl groups excluding tert-OH is 1. The Morgan fingerprint density at radius 2 is 2.06 bits per heavy atom. The third-order valence-electron chi connectivity index (χ3n) is 4.61. The second-order valence-electron chi connectivity index (χ2n) is 5.83. The van der Waals surface area contributed by atoms with Gasteiger partial charge in [-0.25, -0.2) is 0 Å². The molecule has 0 aromatic carbocycles. The van der Waals surface area contributed by atoms with Crippen LogP contribution in [0.25, 0.3) is 0 Å². The molecule has 2 fully saturated rings. The predicted molar refractivity (Wildman–Crippen MR) is 69.2 cm³/mol. The molecule has 0 bridgehead atoms. The summed E-state index contributed by atoms with van der Waals surface area (Å²) in [6.45, 7) is 0.611. The molecule has 0 spiro atoms. The third-order valence-corrected chi connectivity index (χ3v) is 4.61. The molecule has 18 heavy (non-hydrogen) atoms. The smallest absolute Gasteiger partial charge is 0.222 e. The minimum absolute atomic E-state index is 0.0642. The molecule has 2 atom stereocenters. The van der Waals surface area contributed by atoms with Crippen LogP contribution in [0.1, 0.15) is 51.4 Å². The Kier molecular flexibility index (Phi) is 4.62. The first-order valence-electron chi connectivity index (χ1n) is 7.15. The second-order valence-corrected chi connectivity index (χ2v) is 5.83. The zero-order chi connectivity index (χ0) is 13.0. The third kappa shape index (κ3) is 3.23. The first-order valence-corrected chi connectivity index (χ1v) is 7.15. The van der Waals surface area contributed by atoms with E-state index < -0.39 is 0 Å². The molecule has 2 saturated carbocycles. The van der Waals surface area contributed by atoms with E-state index in [1.54, 1.807) is 7.11 Å². The maximum atomic E-state index is 11.9. The van der Waals surface area contributed by atoms with Gasteiger partial charge in [-0.1, -0.05) is 12.8 Å². The molecule has 2 aliphatic rings. The average Bonchev–Trinajstić information content (AvgIpc) is 2.33. The van der Waals surface area contributed by atoms with Gasteiger partial charge in [-0.05, 0) is 32.1 Å². The highest BCUT2D eigenvalue weighted by molar-refractivity contribution is 5.77. The Hall–Kier alpha value is -0.610. The van der Waals surface area contributed by atoms with Gasteiger partial charge in [0.2, 0.25) is 5.91 Å². The Morgan fingerprint density at radius 1 is 1.33 bits per heavy atom. The summed E-state index contributed by atoms with van der Waals surface area (Å²) in [6, 6.07) is 0. The zero-order valence-electron chi connectivity index (χ0n) is 11.3. The van der Waals surface area contributed by atoms with E-state index in [9.17, 15) is 9.90 Å². The van der Waals surface area contributed by atoms with Crippen molar-refractivity contribution in [2.75, 3.05) is 13.7 Å². The van der Waals surface area contributed by atoms with Crippen LogP contribution in [-0.4, -0.2) is 36.4 Å². The summed E-state index contributed by atoms with van der Waals surface area (Å²) in [7, 11) is 1.69. The quantitative estimate of drug-likeness (QED) is 0.784. The summed E-state index contributed by atoms with van der Waals surface area (Å²) < 4.78 is 5.45. The number of carbonyl (C=O) groups is 1. The molecule has 1 amide bonds. The second kappa shape index (κ2) is 6.02. The SMILES string of the molecule is COC1(CC(=O)NCC2CCCCC2O)CCC1. The molecule has 0 aromatic heterocycles. The van der Waals surface area contributed by atoms with Crippen LogP contribution in [0.3, 0.4) is 0 Å². The lowest BCUT2D eigenvalue weighted by atomic mass is 9.77. The Balaban J connectivity index is 1.71. The minimum Gasteiger partial charge on any atom is -0.393 e. The van der Waals surface area contributed by atoms with Crippen molar-refractivity contribution in [3.63, 3.8) is 0 Å². The van der Waals surface area contributed by atoms with Crippen molar-refractivity contribution in [3.05, 3.63) is 0 Å². The summed E-state index contributed by atoms with van der Waals surface area (Å²) in [4.78, 5) is 11.9. The monoisotopic (exact) mass is 255 g/mol. The van der Waals surface area contributed by atoms with Gasteiger partial charge in [0.05, 0.1) is 18.1 Å². The number of hydrogen-bond donors (Lipinski definition) is 2. The van der Waals surface area contributed by atoms with E-state index >= 15 is 0 Å². The Bertz CT molecular complexity index is 283. The molecule has 2 N–H and O–H groups in total. The van der Waals surface area contributed by atoms with E-state index in [0.717, 1.165) is 38.5 Å². The van der Waals surface area contributed by atoms with Crippen LogP contribution in [0.4, 0.5) is 0 Å². The van der Waals surface area contributed by atoms with Crippen molar-refractivity contribution < 1.29 is 14.6 Å². The minimum atomic E-state index is -0.237. The molecule has 4 nitrogen and oxygen atoms in total. The summed E-state index contributed by atoms with van der Waals surface area (Å²) in [5.74, 6) is 0.303. The number of amides is 1. The maximum Gasteiger partial charge on any atom is 0.222 e. The summed E-state index contributed by atoms with van der Waals surface area (Å²) in [5.41, 5.74) is -0.199. The fraction of sp³-hybridized carbons (Fsp3) is 0.929. The van der Waals surface area contributed by atoms with Crippen molar-refractivity contribution in [3.8, 4) is 0 Å². The standard InChI is InChI=1S/C14H25NO3/c1-18-14(7-4-8-14)9-13(17)15-10-11-5-2-3-6-12(11)16/h11-12,16H,2-10H2,1H3,(H,15,17). The van der Waals surface area contributed by atoms with E-state index in [1.165, 1.54) is 6.42 Å². The van der Waals surface area contributed by atoms with Crippen molar-refractivity contribution in [1.82, 2.24) is 5.32 Å². The molecule has 0 saturated heterocycles. The van der Waals surface area contributed by atoms with Gasteiger partial charge in [0, 0.05) is 19.6 Å². The Labute approximate surface area is 109 Å². The molecular weight excluding hydrogens is 230 g/mol.